The van der Waals surface area contributed by atoms with E-state index in [-0.39, 0.29) is 0 Å². The molecule has 0 unspecified atom stereocenters. The van der Waals surface area contributed by atoms with E-state index in [9.17, 15) is 0 Å². The molecule has 0 amide bonds. The molecular weight excluding hydrogens is 246 g/mol. The van der Waals surface area contributed by atoms with Gasteiger partial charge in [0.05, 0.1) is 11.2 Å². The van der Waals surface area contributed by atoms with Gasteiger partial charge in [-0.15, -0.1) is 0 Å². The fraction of sp³-hybridized carbons (Fsp3) is 0.294. The molecule has 1 aliphatic carbocycles. The van der Waals surface area contributed by atoms with Crippen molar-refractivity contribution in [3.63, 3.8) is 0 Å². The highest BCUT2D eigenvalue weighted by molar-refractivity contribution is 5.97. The van der Waals surface area contributed by atoms with Crippen LogP contribution in [0.4, 0.5) is 0 Å². The first-order chi connectivity index (χ1) is 9.84. The van der Waals surface area contributed by atoms with E-state index in [1.54, 1.807) is 0 Å². The van der Waals surface area contributed by atoms with Crippen molar-refractivity contribution in [1.29, 1.82) is 0 Å². The first-order valence-electron chi connectivity index (χ1n) is 7.30. The molecule has 5 rings (SSSR count). The van der Waals surface area contributed by atoms with Gasteiger partial charge in [0.25, 0.3) is 0 Å². The van der Waals surface area contributed by atoms with Crippen molar-refractivity contribution in [3.05, 3.63) is 46.5 Å². The van der Waals surface area contributed by atoms with E-state index < -0.39 is 0 Å². The summed E-state index contributed by atoms with van der Waals surface area (Å²) in [5.41, 5.74) is 9.07. The van der Waals surface area contributed by atoms with Crippen LogP contribution in [0.1, 0.15) is 34.5 Å². The quantitative estimate of drug-likeness (QED) is 0.622. The lowest BCUT2D eigenvalue weighted by molar-refractivity contribution is 0.838. The molecule has 4 heterocycles. The van der Waals surface area contributed by atoms with Crippen molar-refractivity contribution in [2.75, 3.05) is 0 Å². The van der Waals surface area contributed by atoms with Crippen LogP contribution in [-0.2, 0) is 19.3 Å². The number of aryl methyl sites for hydroxylation is 4. The van der Waals surface area contributed by atoms with Crippen LogP contribution in [0, 0.1) is 6.92 Å². The molecule has 0 fully saturated rings. The maximum Gasteiger partial charge on any atom is 0.141 e. The van der Waals surface area contributed by atoms with Crippen LogP contribution in [0.2, 0.25) is 0 Å². The zero-order valence-corrected chi connectivity index (χ0v) is 11.5. The van der Waals surface area contributed by atoms with Gasteiger partial charge in [-0.3, -0.25) is 9.38 Å². The molecule has 0 spiro atoms. The molecule has 0 bridgehead atoms. The van der Waals surface area contributed by atoms with Crippen LogP contribution >= 0.6 is 0 Å². The summed E-state index contributed by atoms with van der Waals surface area (Å²) in [6.45, 7) is 2.17. The Balaban J connectivity index is 2.17. The fourth-order valence-corrected chi connectivity index (χ4v) is 3.80. The van der Waals surface area contributed by atoms with Crippen LogP contribution in [0.25, 0.3) is 22.6 Å². The third-order valence-electron chi connectivity index (χ3n) is 4.70. The molecule has 3 aromatic rings. The van der Waals surface area contributed by atoms with E-state index in [2.05, 4.69) is 34.7 Å². The van der Waals surface area contributed by atoms with E-state index in [1.165, 1.54) is 39.0 Å². The topological polar surface area (TPSA) is 30.2 Å². The second kappa shape index (κ2) is 3.48. The molecular formula is C17H15N3. The molecule has 0 aromatic carbocycles. The second-order valence-electron chi connectivity index (χ2n) is 5.85. The van der Waals surface area contributed by atoms with Gasteiger partial charge in [0, 0.05) is 29.0 Å². The minimum absolute atomic E-state index is 1.03. The Hall–Kier alpha value is -2.16. The third-order valence-corrected chi connectivity index (χ3v) is 4.70. The second-order valence-corrected chi connectivity index (χ2v) is 5.85. The Morgan fingerprint density at radius 2 is 2.05 bits per heavy atom. The Bertz CT molecular complexity index is 915. The summed E-state index contributed by atoms with van der Waals surface area (Å²) in [5, 5.41) is 1.38. The van der Waals surface area contributed by atoms with Crippen molar-refractivity contribution in [3.8, 4) is 0 Å². The van der Waals surface area contributed by atoms with Gasteiger partial charge >= 0.3 is 0 Å². The number of pyridine rings is 2. The summed E-state index contributed by atoms with van der Waals surface area (Å²) >= 11 is 0. The molecule has 3 aromatic heterocycles. The average Bonchev–Trinajstić information content (AvgIpc) is 2.92. The maximum absolute atomic E-state index is 4.72. The van der Waals surface area contributed by atoms with Crippen molar-refractivity contribution >= 4 is 22.6 Å². The lowest BCUT2D eigenvalue weighted by atomic mass is 9.91. The number of rotatable bonds is 0. The number of nitrogens with zero attached hydrogens (tertiary/aromatic N) is 3. The van der Waals surface area contributed by atoms with E-state index in [1.807, 2.05) is 6.20 Å². The molecule has 0 saturated heterocycles. The number of imidazole rings is 1. The first kappa shape index (κ1) is 10.6. The van der Waals surface area contributed by atoms with Gasteiger partial charge in [0.15, 0.2) is 0 Å². The monoisotopic (exact) mass is 261 g/mol. The SMILES string of the molecule is Cc1cnc2c3c1c1c(c4ncc(n43)CC2)CCC=C1. The molecule has 1 aliphatic heterocycles. The first-order valence-corrected chi connectivity index (χ1v) is 7.30. The number of hydrogen-bond acceptors (Lipinski definition) is 2. The summed E-state index contributed by atoms with van der Waals surface area (Å²) in [7, 11) is 0. The van der Waals surface area contributed by atoms with Gasteiger partial charge in [-0.2, -0.15) is 0 Å². The Morgan fingerprint density at radius 1 is 1.10 bits per heavy atom. The van der Waals surface area contributed by atoms with Crippen LogP contribution in [0.3, 0.4) is 0 Å². The molecule has 3 heteroatoms. The van der Waals surface area contributed by atoms with Crippen LogP contribution < -0.4 is 0 Å². The Labute approximate surface area is 117 Å². The van der Waals surface area contributed by atoms with E-state index in [4.69, 9.17) is 4.98 Å². The molecule has 0 radical (unpaired) electrons. The van der Waals surface area contributed by atoms with Gasteiger partial charge in [-0.1, -0.05) is 12.2 Å². The normalized spacial score (nSPS) is 16.2. The smallest absolute Gasteiger partial charge is 0.141 e. The van der Waals surface area contributed by atoms with E-state index in [0.29, 0.717) is 0 Å². The zero-order chi connectivity index (χ0) is 13.3. The fourth-order valence-electron chi connectivity index (χ4n) is 3.80. The van der Waals surface area contributed by atoms with Crippen LogP contribution in [0.15, 0.2) is 18.5 Å². The predicted octanol–water partition coefficient (Wildman–Crippen LogP) is 3.25. The lowest BCUT2D eigenvalue weighted by Crippen LogP contribution is -2.12. The van der Waals surface area contributed by atoms with Crippen LogP contribution in [0.5, 0.6) is 0 Å². The lowest BCUT2D eigenvalue weighted by Gasteiger charge is -2.22. The molecule has 98 valence electrons. The summed E-state index contributed by atoms with van der Waals surface area (Å²) in [4.78, 5) is 9.39. The van der Waals surface area contributed by atoms with Gasteiger partial charge < -0.3 is 0 Å². The number of hydrogen-bond donors (Lipinski definition) is 0. The maximum atomic E-state index is 4.72. The molecule has 0 saturated carbocycles. The largest absolute Gasteiger partial charge is 0.295 e. The number of allylic oxidation sites excluding steroid dienone is 1. The standard InChI is InChI=1S/C17H15N3/c1-10-8-18-14-7-6-11-9-19-17-13-5-3-2-4-12(13)15(10)16(14)20(11)17/h2,4,8-9H,3,5-7H2,1H3. The Morgan fingerprint density at radius 3 is 3.00 bits per heavy atom. The van der Waals surface area contributed by atoms with Crippen molar-refractivity contribution in [1.82, 2.24) is 14.4 Å². The highest BCUT2D eigenvalue weighted by Gasteiger charge is 2.24. The van der Waals surface area contributed by atoms with E-state index in [0.717, 1.165) is 31.3 Å². The molecule has 3 nitrogen and oxygen atoms in total. The minimum Gasteiger partial charge on any atom is -0.295 e. The number of fused-ring (bicyclic) bond motifs is 3. The Kier molecular flexibility index (Phi) is 1.85. The minimum atomic E-state index is 1.03. The summed E-state index contributed by atoms with van der Waals surface area (Å²) < 4.78 is 2.37. The van der Waals surface area contributed by atoms with Crippen molar-refractivity contribution in [2.45, 2.75) is 32.6 Å². The molecule has 0 N–H and O–H groups in total. The summed E-state index contributed by atoms with van der Waals surface area (Å²) in [6.07, 6.45) is 13.0. The van der Waals surface area contributed by atoms with Crippen molar-refractivity contribution in [2.24, 2.45) is 0 Å². The molecule has 2 aliphatic rings. The summed E-state index contributed by atoms with van der Waals surface area (Å²) in [6, 6.07) is 0. The predicted molar refractivity (Wildman–Crippen MR) is 80.0 cm³/mol. The average molecular weight is 261 g/mol. The zero-order valence-electron chi connectivity index (χ0n) is 11.5. The summed E-state index contributed by atoms with van der Waals surface area (Å²) in [5.74, 6) is 0. The van der Waals surface area contributed by atoms with Gasteiger partial charge in [0.2, 0.25) is 0 Å². The molecule has 0 atom stereocenters. The van der Waals surface area contributed by atoms with E-state index >= 15 is 0 Å². The van der Waals surface area contributed by atoms with Crippen molar-refractivity contribution < 1.29 is 0 Å². The van der Waals surface area contributed by atoms with Gasteiger partial charge in [-0.25, -0.2) is 4.98 Å². The third kappa shape index (κ3) is 1.12. The van der Waals surface area contributed by atoms with Gasteiger partial charge in [-0.05, 0) is 43.7 Å². The highest BCUT2D eigenvalue weighted by Crippen LogP contribution is 2.36. The molecule has 20 heavy (non-hydrogen) atoms. The van der Waals surface area contributed by atoms with Crippen LogP contribution in [-0.4, -0.2) is 14.4 Å². The highest BCUT2D eigenvalue weighted by atomic mass is 15.0. The van der Waals surface area contributed by atoms with Gasteiger partial charge in [0.1, 0.15) is 5.65 Å². The number of aromatic nitrogens is 3.